The van der Waals surface area contributed by atoms with Gasteiger partial charge >= 0.3 is 6.03 Å². The van der Waals surface area contributed by atoms with Crippen LogP contribution in [0.1, 0.15) is 11.4 Å². The molecule has 0 aliphatic carbocycles. The van der Waals surface area contributed by atoms with E-state index in [0.717, 1.165) is 28.0 Å². The standard InChI is InChI=1S/C15H16N4O2S/c1-16-15(20)17-6-11-4-10-2-3-13(5-14(10)19-11)21-7-12-8-22-9-18-12/h2-5,8-9,19H,6-7H2,1H3,(H2,16,17,20). The number of nitrogens with zero attached hydrogens (tertiary/aromatic N) is 1. The van der Waals surface area contributed by atoms with Crippen molar-refractivity contribution < 1.29 is 9.53 Å². The molecule has 0 aliphatic rings. The van der Waals surface area contributed by atoms with E-state index in [1.54, 1.807) is 23.9 Å². The van der Waals surface area contributed by atoms with Gasteiger partial charge in [-0.1, -0.05) is 0 Å². The van der Waals surface area contributed by atoms with Crippen molar-refractivity contribution in [2.45, 2.75) is 13.2 Å². The summed E-state index contributed by atoms with van der Waals surface area (Å²) in [6.45, 7) is 0.907. The van der Waals surface area contributed by atoms with Crippen molar-refractivity contribution in [1.82, 2.24) is 20.6 Å². The van der Waals surface area contributed by atoms with E-state index in [1.165, 1.54) is 0 Å². The van der Waals surface area contributed by atoms with E-state index in [0.29, 0.717) is 13.2 Å². The highest BCUT2D eigenvalue weighted by molar-refractivity contribution is 7.07. The van der Waals surface area contributed by atoms with Gasteiger partial charge in [0.05, 0.1) is 17.7 Å². The Bertz CT molecular complexity index is 767. The number of nitrogens with one attached hydrogen (secondary N) is 3. The number of urea groups is 1. The molecule has 0 saturated carbocycles. The van der Waals surface area contributed by atoms with Crippen LogP contribution in [0.2, 0.25) is 0 Å². The summed E-state index contributed by atoms with van der Waals surface area (Å²) in [5.41, 5.74) is 4.63. The Morgan fingerprint density at radius 2 is 2.32 bits per heavy atom. The maximum absolute atomic E-state index is 11.2. The van der Waals surface area contributed by atoms with Crippen LogP contribution in [-0.2, 0) is 13.2 Å². The lowest BCUT2D eigenvalue weighted by Crippen LogP contribution is -2.32. The SMILES string of the molecule is CNC(=O)NCc1cc2ccc(OCc3cscn3)cc2[nH]1. The summed E-state index contributed by atoms with van der Waals surface area (Å²) in [6.07, 6.45) is 0. The van der Waals surface area contributed by atoms with E-state index in [1.807, 2.05) is 29.6 Å². The third-order valence-corrected chi connectivity index (χ3v) is 3.82. The molecule has 2 heterocycles. The molecule has 0 radical (unpaired) electrons. The molecule has 3 aromatic rings. The summed E-state index contributed by atoms with van der Waals surface area (Å²) < 4.78 is 5.73. The van der Waals surface area contributed by atoms with Gasteiger partial charge < -0.3 is 20.4 Å². The van der Waals surface area contributed by atoms with Gasteiger partial charge in [0.1, 0.15) is 12.4 Å². The molecule has 0 spiro atoms. The van der Waals surface area contributed by atoms with Crippen LogP contribution in [0.25, 0.3) is 10.9 Å². The third-order valence-electron chi connectivity index (χ3n) is 3.19. The van der Waals surface area contributed by atoms with Crippen molar-refractivity contribution in [3.8, 4) is 5.75 Å². The number of fused-ring (bicyclic) bond motifs is 1. The zero-order chi connectivity index (χ0) is 15.4. The fraction of sp³-hybridized carbons (Fsp3) is 0.200. The number of benzene rings is 1. The number of amides is 2. The quantitative estimate of drug-likeness (QED) is 0.677. The summed E-state index contributed by atoms with van der Waals surface area (Å²) in [5, 5.41) is 8.31. The molecule has 3 N–H and O–H groups in total. The fourth-order valence-electron chi connectivity index (χ4n) is 2.08. The van der Waals surface area contributed by atoms with E-state index in [9.17, 15) is 4.79 Å². The van der Waals surface area contributed by atoms with Gasteiger partial charge in [0.15, 0.2) is 0 Å². The number of thiazole rings is 1. The molecular formula is C15H16N4O2S. The van der Waals surface area contributed by atoms with Gasteiger partial charge in [-0.05, 0) is 23.6 Å². The van der Waals surface area contributed by atoms with Gasteiger partial charge in [-0.2, -0.15) is 0 Å². The van der Waals surface area contributed by atoms with E-state index in [4.69, 9.17) is 4.74 Å². The molecule has 0 atom stereocenters. The molecule has 0 aliphatic heterocycles. The highest BCUT2D eigenvalue weighted by Gasteiger charge is 2.05. The van der Waals surface area contributed by atoms with Gasteiger partial charge in [0.25, 0.3) is 0 Å². The highest BCUT2D eigenvalue weighted by atomic mass is 32.1. The molecule has 22 heavy (non-hydrogen) atoms. The number of rotatable bonds is 5. The topological polar surface area (TPSA) is 79.0 Å². The minimum Gasteiger partial charge on any atom is -0.487 e. The van der Waals surface area contributed by atoms with Gasteiger partial charge in [-0.25, -0.2) is 9.78 Å². The summed E-state index contributed by atoms with van der Waals surface area (Å²) in [4.78, 5) is 18.6. The van der Waals surface area contributed by atoms with E-state index in [2.05, 4.69) is 20.6 Å². The average molecular weight is 316 g/mol. The number of aromatic nitrogens is 2. The molecule has 6 nitrogen and oxygen atoms in total. The monoisotopic (exact) mass is 316 g/mol. The first-order valence-electron chi connectivity index (χ1n) is 6.81. The predicted octanol–water partition coefficient (Wildman–Crippen LogP) is 2.63. The Morgan fingerprint density at radius 1 is 1.41 bits per heavy atom. The number of aromatic amines is 1. The average Bonchev–Trinajstić information content (AvgIpc) is 3.18. The second-order valence-electron chi connectivity index (χ2n) is 4.74. The van der Waals surface area contributed by atoms with E-state index < -0.39 is 0 Å². The molecule has 7 heteroatoms. The van der Waals surface area contributed by atoms with E-state index >= 15 is 0 Å². The number of ether oxygens (including phenoxy) is 1. The Morgan fingerprint density at radius 3 is 3.09 bits per heavy atom. The third kappa shape index (κ3) is 3.37. The molecule has 2 aromatic heterocycles. The van der Waals surface area contributed by atoms with Crippen molar-refractivity contribution in [3.63, 3.8) is 0 Å². The summed E-state index contributed by atoms with van der Waals surface area (Å²) >= 11 is 1.55. The number of carbonyl (C=O) groups is 1. The Labute approximate surface area is 131 Å². The van der Waals surface area contributed by atoms with Crippen molar-refractivity contribution in [1.29, 1.82) is 0 Å². The Kier molecular flexibility index (Phi) is 4.24. The fourth-order valence-corrected chi connectivity index (χ4v) is 2.62. The van der Waals surface area contributed by atoms with Crippen LogP contribution in [0, 0.1) is 0 Å². The van der Waals surface area contributed by atoms with E-state index in [-0.39, 0.29) is 6.03 Å². The van der Waals surface area contributed by atoms with Gasteiger partial charge in [0.2, 0.25) is 0 Å². The van der Waals surface area contributed by atoms with Gasteiger partial charge in [-0.3, -0.25) is 0 Å². The maximum atomic E-state index is 11.2. The summed E-state index contributed by atoms with van der Waals surface area (Å²) in [6, 6.07) is 7.68. The minimum atomic E-state index is -0.203. The molecule has 1 aromatic carbocycles. The second kappa shape index (κ2) is 6.48. The Hall–Kier alpha value is -2.54. The van der Waals surface area contributed by atoms with Gasteiger partial charge in [0, 0.05) is 29.7 Å². The zero-order valence-corrected chi connectivity index (χ0v) is 12.9. The zero-order valence-electron chi connectivity index (χ0n) is 12.1. The normalized spacial score (nSPS) is 10.6. The van der Waals surface area contributed by atoms with Crippen molar-refractivity contribution in [2.75, 3.05) is 7.05 Å². The van der Waals surface area contributed by atoms with Crippen molar-refractivity contribution in [3.05, 3.63) is 46.5 Å². The summed E-state index contributed by atoms with van der Waals surface area (Å²) in [5.74, 6) is 0.785. The largest absolute Gasteiger partial charge is 0.487 e. The molecule has 0 bridgehead atoms. The lowest BCUT2D eigenvalue weighted by Gasteiger charge is -2.04. The molecule has 0 saturated heterocycles. The van der Waals surface area contributed by atoms with Crippen LogP contribution in [0.15, 0.2) is 35.2 Å². The lowest BCUT2D eigenvalue weighted by molar-refractivity contribution is 0.242. The molecule has 2 amide bonds. The molecule has 0 unspecified atom stereocenters. The first-order chi connectivity index (χ1) is 10.7. The van der Waals surface area contributed by atoms with Crippen molar-refractivity contribution in [2.24, 2.45) is 0 Å². The molecule has 3 rings (SSSR count). The van der Waals surface area contributed by atoms with Crippen LogP contribution in [0.4, 0.5) is 4.79 Å². The van der Waals surface area contributed by atoms with Crippen LogP contribution in [-0.4, -0.2) is 23.0 Å². The van der Waals surface area contributed by atoms with Gasteiger partial charge in [-0.15, -0.1) is 11.3 Å². The molecule has 0 fully saturated rings. The van der Waals surface area contributed by atoms with Crippen LogP contribution < -0.4 is 15.4 Å². The molecular weight excluding hydrogens is 300 g/mol. The van der Waals surface area contributed by atoms with Crippen LogP contribution in [0.5, 0.6) is 5.75 Å². The first kappa shape index (κ1) is 14.4. The predicted molar refractivity (Wildman–Crippen MR) is 86.0 cm³/mol. The van der Waals surface area contributed by atoms with Crippen molar-refractivity contribution >= 4 is 28.3 Å². The smallest absolute Gasteiger partial charge is 0.314 e. The second-order valence-corrected chi connectivity index (χ2v) is 5.46. The lowest BCUT2D eigenvalue weighted by atomic mass is 10.2. The number of hydrogen-bond acceptors (Lipinski definition) is 4. The number of H-pyrrole nitrogens is 1. The number of carbonyl (C=O) groups excluding carboxylic acids is 1. The molecule has 114 valence electrons. The first-order valence-corrected chi connectivity index (χ1v) is 7.76. The van der Waals surface area contributed by atoms with Crippen LogP contribution in [0.3, 0.4) is 0 Å². The Balaban J connectivity index is 1.68. The number of hydrogen-bond donors (Lipinski definition) is 3. The minimum absolute atomic E-state index is 0.203. The van der Waals surface area contributed by atoms with Crippen LogP contribution >= 0.6 is 11.3 Å². The summed E-state index contributed by atoms with van der Waals surface area (Å²) in [7, 11) is 1.59. The highest BCUT2D eigenvalue weighted by Crippen LogP contribution is 2.22. The maximum Gasteiger partial charge on any atom is 0.314 e.